The lowest BCUT2D eigenvalue weighted by Gasteiger charge is -2.22. The minimum absolute atomic E-state index is 0.0120. The number of furan rings is 1. The first kappa shape index (κ1) is 16.7. The van der Waals surface area contributed by atoms with Crippen molar-refractivity contribution >= 4 is 39.5 Å². The Morgan fingerprint density at radius 1 is 1.31 bits per heavy atom. The topological polar surface area (TPSA) is 83.6 Å². The van der Waals surface area contributed by atoms with Gasteiger partial charge < -0.3 is 9.52 Å². The monoisotopic (exact) mass is 386 g/mol. The van der Waals surface area contributed by atoms with Crippen LogP contribution in [-0.2, 0) is 4.79 Å². The van der Waals surface area contributed by atoms with E-state index >= 15 is 0 Å². The van der Waals surface area contributed by atoms with Crippen molar-refractivity contribution in [3.05, 3.63) is 68.4 Å². The summed E-state index contributed by atoms with van der Waals surface area (Å²) in [6, 6.07) is 5.92. The molecule has 0 aromatic carbocycles. The molecule has 0 saturated heterocycles. The van der Waals surface area contributed by atoms with E-state index in [0.717, 1.165) is 10.6 Å². The SMILES string of the molecule is Cc1nc(N2C(=O)C(O)=C(C(=O)c3cccs3)[C@H]2c2ccco2)sc1C. The number of aliphatic hydroxyl groups is 1. The van der Waals surface area contributed by atoms with Gasteiger partial charge >= 0.3 is 0 Å². The molecule has 1 N–H and O–H groups in total. The van der Waals surface area contributed by atoms with Crippen molar-refractivity contribution in [2.75, 3.05) is 4.90 Å². The fraction of sp³-hybridized carbons (Fsp3) is 0.167. The molecule has 8 heteroatoms. The van der Waals surface area contributed by atoms with E-state index in [1.807, 2.05) is 13.8 Å². The molecule has 1 amide bonds. The highest BCUT2D eigenvalue weighted by Crippen LogP contribution is 2.43. The van der Waals surface area contributed by atoms with Gasteiger partial charge in [-0.3, -0.25) is 14.5 Å². The molecule has 132 valence electrons. The number of thiazole rings is 1. The maximum absolute atomic E-state index is 13.0. The van der Waals surface area contributed by atoms with E-state index in [2.05, 4.69) is 4.98 Å². The van der Waals surface area contributed by atoms with Crippen molar-refractivity contribution in [2.24, 2.45) is 0 Å². The molecule has 26 heavy (non-hydrogen) atoms. The van der Waals surface area contributed by atoms with E-state index in [0.29, 0.717) is 15.8 Å². The van der Waals surface area contributed by atoms with Crippen LogP contribution in [0.1, 0.15) is 32.0 Å². The number of carbonyl (C=O) groups excluding carboxylic acids is 2. The second-order valence-corrected chi connectivity index (χ2v) is 7.93. The molecule has 1 aliphatic heterocycles. The lowest BCUT2D eigenvalue weighted by molar-refractivity contribution is -0.117. The van der Waals surface area contributed by atoms with Crippen LogP contribution in [0, 0.1) is 13.8 Å². The fourth-order valence-corrected chi connectivity index (χ4v) is 4.46. The molecule has 0 radical (unpaired) electrons. The lowest BCUT2D eigenvalue weighted by atomic mass is 10.0. The van der Waals surface area contributed by atoms with Crippen molar-refractivity contribution in [3.63, 3.8) is 0 Å². The Hall–Kier alpha value is -2.71. The first-order chi connectivity index (χ1) is 12.5. The Morgan fingerprint density at radius 3 is 2.69 bits per heavy atom. The van der Waals surface area contributed by atoms with E-state index in [9.17, 15) is 14.7 Å². The zero-order valence-electron chi connectivity index (χ0n) is 13.9. The normalized spacial score (nSPS) is 17.4. The second kappa shape index (κ2) is 6.22. The lowest BCUT2D eigenvalue weighted by Crippen LogP contribution is -2.30. The fourth-order valence-electron chi connectivity index (χ4n) is 2.85. The van der Waals surface area contributed by atoms with Gasteiger partial charge in [0, 0.05) is 4.88 Å². The summed E-state index contributed by atoms with van der Waals surface area (Å²) in [6.07, 6.45) is 1.47. The molecule has 0 aliphatic carbocycles. The first-order valence-corrected chi connectivity index (χ1v) is 9.51. The zero-order chi connectivity index (χ0) is 18.4. The molecule has 6 nitrogen and oxygen atoms in total. The Labute approximate surface area is 157 Å². The molecule has 3 aromatic heterocycles. The van der Waals surface area contributed by atoms with Crippen LogP contribution in [0.2, 0.25) is 0 Å². The summed E-state index contributed by atoms with van der Waals surface area (Å²) in [5, 5.41) is 12.7. The van der Waals surface area contributed by atoms with Crippen molar-refractivity contribution in [1.82, 2.24) is 4.98 Å². The van der Waals surface area contributed by atoms with Crippen LogP contribution >= 0.6 is 22.7 Å². The van der Waals surface area contributed by atoms with Crippen molar-refractivity contribution in [2.45, 2.75) is 19.9 Å². The molecular weight excluding hydrogens is 372 g/mol. The maximum atomic E-state index is 13.0. The van der Waals surface area contributed by atoms with Gasteiger partial charge in [-0.2, -0.15) is 0 Å². The third kappa shape index (κ3) is 2.49. The largest absolute Gasteiger partial charge is 0.503 e. The Kier molecular flexibility index (Phi) is 4.01. The van der Waals surface area contributed by atoms with Gasteiger partial charge in [-0.15, -0.1) is 22.7 Å². The molecule has 0 fully saturated rings. The van der Waals surface area contributed by atoms with Gasteiger partial charge in [-0.05, 0) is 37.4 Å². The number of ketones is 1. The molecule has 0 bridgehead atoms. The summed E-state index contributed by atoms with van der Waals surface area (Å²) in [4.78, 5) is 33.0. The molecular formula is C18H14N2O4S2. The summed E-state index contributed by atoms with van der Waals surface area (Å²) < 4.78 is 5.49. The average molecular weight is 386 g/mol. The van der Waals surface area contributed by atoms with Gasteiger partial charge in [-0.25, -0.2) is 4.98 Å². The van der Waals surface area contributed by atoms with Gasteiger partial charge in [0.15, 0.2) is 10.9 Å². The van der Waals surface area contributed by atoms with Crippen molar-refractivity contribution < 1.29 is 19.1 Å². The number of rotatable bonds is 4. The van der Waals surface area contributed by atoms with Gasteiger partial charge in [-0.1, -0.05) is 6.07 Å². The molecule has 0 unspecified atom stereocenters. The Bertz CT molecular complexity index is 996. The molecule has 3 aromatic rings. The number of anilines is 1. The van der Waals surface area contributed by atoms with Gasteiger partial charge in [0.1, 0.15) is 11.8 Å². The van der Waals surface area contributed by atoms with E-state index in [-0.39, 0.29) is 11.4 Å². The number of hydrogen-bond acceptors (Lipinski definition) is 7. The molecule has 1 atom stereocenters. The van der Waals surface area contributed by atoms with Crippen molar-refractivity contribution in [1.29, 1.82) is 0 Å². The number of amides is 1. The number of aryl methyl sites for hydroxylation is 2. The predicted octanol–water partition coefficient (Wildman–Crippen LogP) is 4.20. The zero-order valence-corrected chi connectivity index (χ0v) is 15.6. The van der Waals surface area contributed by atoms with Crippen LogP contribution in [-0.4, -0.2) is 21.8 Å². The number of nitrogens with zero attached hydrogens (tertiary/aromatic N) is 2. The summed E-state index contributed by atoms with van der Waals surface area (Å²) in [5.74, 6) is -1.21. The number of aliphatic hydroxyl groups excluding tert-OH is 1. The van der Waals surface area contributed by atoms with E-state index in [1.165, 1.54) is 33.8 Å². The minimum Gasteiger partial charge on any atom is -0.503 e. The van der Waals surface area contributed by atoms with Crippen LogP contribution in [0.4, 0.5) is 5.13 Å². The highest BCUT2D eigenvalue weighted by molar-refractivity contribution is 7.16. The van der Waals surface area contributed by atoms with E-state index < -0.39 is 17.7 Å². The average Bonchev–Trinajstić information content (AvgIpc) is 3.38. The quantitative estimate of drug-likeness (QED) is 0.680. The molecule has 4 heterocycles. The molecule has 1 aliphatic rings. The summed E-state index contributed by atoms with van der Waals surface area (Å²) in [7, 11) is 0. The number of Topliss-reactive ketones (excluding diaryl/α,β-unsaturated/α-hetero) is 1. The standard InChI is InChI=1S/C18H14N2O4S2/c1-9-10(2)26-18(19-9)20-14(11-5-3-7-24-11)13(16(22)17(20)23)15(21)12-6-4-8-25-12/h3-8,14,22H,1-2H3/t14-/m1/s1. The Balaban J connectivity index is 1.87. The van der Waals surface area contributed by atoms with Crippen LogP contribution in [0.3, 0.4) is 0 Å². The summed E-state index contributed by atoms with van der Waals surface area (Å²) in [5.41, 5.74) is 0.812. The van der Waals surface area contributed by atoms with E-state index in [1.54, 1.807) is 29.6 Å². The Morgan fingerprint density at radius 2 is 2.12 bits per heavy atom. The van der Waals surface area contributed by atoms with Crippen LogP contribution < -0.4 is 4.90 Å². The predicted molar refractivity (Wildman–Crippen MR) is 98.8 cm³/mol. The number of aromatic nitrogens is 1. The molecule has 0 saturated carbocycles. The van der Waals surface area contributed by atoms with Crippen molar-refractivity contribution in [3.8, 4) is 0 Å². The number of hydrogen-bond donors (Lipinski definition) is 1. The maximum Gasteiger partial charge on any atom is 0.296 e. The van der Waals surface area contributed by atoms with Gasteiger partial charge in [0.25, 0.3) is 5.91 Å². The first-order valence-electron chi connectivity index (χ1n) is 7.81. The number of carbonyl (C=O) groups is 2. The molecule has 0 spiro atoms. The third-order valence-electron chi connectivity index (χ3n) is 4.23. The van der Waals surface area contributed by atoms with Gasteiger partial charge in [0.2, 0.25) is 5.78 Å². The second-order valence-electron chi connectivity index (χ2n) is 5.80. The smallest absolute Gasteiger partial charge is 0.296 e. The van der Waals surface area contributed by atoms with Crippen LogP contribution in [0.5, 0.6) is 0 Å². The van der Waals surface area contributed by atoms with Crippen LogP contribution in [0.25, 0.3) is 0 Å². The van der Waals surface area contributed by atoms with Crippen LogP contribution in [0.15, 0.2) is 51.7 Å². The number of thiophene rings is 1. The van der Waals surface area contributed by atoms with Gasteiger partial charge in [0.05, 0.1) is 22.4 Å². The highest BCUT2D eigenvalue weighted by Gasteiger charge is 2.47. The molecule has 4 rings (SSSR count). The minimum atomic E-state index is -0.850. The third-order valence-corrected chi connectivity index (χ3v) is 6.17. The summed E-state index contributed by atoms with van der Waals surface area (Å²) in [6.45, 7) is 3.76. The summed E-state index contributed by atoms with van der Waals surface area (Å²) >= 11 is 2.59. The van der Waals surface area contributed by atoms with E-state index in [4.69, 9.17) is 4.42 Å². The highest BCUT2D eigenvalue weighted by atomic mass is 32.1.